The summed E-state index contributed by atoms with van der Waals surface area (Å²) >= 11 is 1.58. The topological polar surface area (TPSA) is 36.4 Å². The fourth-order valence-electron chi connectivity index (χ4n) is 2.76. The Balaban J connectivity index is 1.54. The van der Waals surface area contributed by atoms with Crippen molar-refractivity contribution < 1.29 is 4.79 Å². The number of thiazole rings is 1. The number of aromatic nitrogens is 1. The lowest BCUT2D eigenvalue weighted by atomic mass is 10.2. The molecule has 1 saturated heterocycles. The van der Waals surface area contributed by atoms with Gasteiger partial charge in [-0.2, -0.15) is 0 Å². The number of carbonyl (C=O) groups excluding carboxylic acids is 1. The van der Waals surface area contributed by atoms with Gasteiger partial charge in [0.15, 0.2) is 0 Å². The molecule has 23 heavy (non-hydrogen) atoms. The minimum Gasteiger partial charge on any atom is -0.335 e. The maximum Gasteiger partial charge on any atom is 0.273 e. The molecule has 4 nitrogen and oxygen atoms in total. The van der Waals surface area contributed by atoms with Crippen molar-refractivity contribution in [3.8, 4) is 0 Å². The van der Waals surface area contributed by atoms with Gasteiger partial charge in [-0.05, 0) is 5.56 Å². The van der Waals surface area contributed by atoms with Crippen molar-refractivity contribution in [2.45, 2.75) is 26.3 Å². The highest BCUT2D eigenvalue weighted by atomic mass is 32.1. The third-order valence-electron chi connectivity index (χ3n) is 4.14. The van der Waals surface area contributed by atoms with Crippen LogP contribution in [0.2, 0.25) is 0 Å². The predicted octanol–water partition coefficient (Wildman–Crippen LogP) is 3.22. The number of carbonyl (C=O) groups is 1. The van der Waals surface area contributed by atoms with E-state index in [0.717, 1.165) is 37.7 Å². The number of hydrogen-bond acceptors (Lipinski definition) is 4. The SMILES string of the molecule is CC(C)c1nc(C(=O)N2CCN(Cc3ccccc3)CC2)cs1. The maximum atomic E-state index is 12.6. The highest BCUT2D eigenvalue weighted by molar-refractivity contribution is 7.09. The summed E-state index contributed by atoms with van der Waals surface area (Å²) in [5, 5.41) is 2.93. The van der Waals surface area contributed by atoms with E-state index in [1.807, 2.05) is 16.3 Å². The van der Waals surface area contributed by atoms with E-state index in [2.05, 4.69) is 48.0 Å². The van der Waals surface area contributed by atoms with Crippen molar-refractivity contribution in [2.75, 3.05) is 26.2 Å². The van der Waals surface area contributed by atoms with Crippen LogP contribution in [-0.4, -0.2) is 46.9 Å². The molecule has 0 aliphatic carbocycles. The van der Waals surface area contributed by atoms with Crippen LogP contribution in [0.4, 0.5) is 0 Å². The largest absolute Gasteiger partial charge is 0.335 e. The van der Waals surface area contributed by atoms with Crippen LogP contribution in [-0.2, 0) is 6.54 Å². The molecule has 1 aromatic heterocycles. The number of rotatable bonds is 4. The maximum absolute atomic E-state index is 12.6. The predicted molar refractivity (Wildman–Crippen MR) is 93.8 cm³/mol. The van der Waals surface area contributed by atoms with Crippen LogP contribution in [0.25, 0.3) is 0 Å². The minimum absolute atomic E-state index is 0.0764. The zero-order valence-electron chi connectivity index (χ0n) is 13.7. The van der Waals surface area contributed by atoms with Gasteiger partial charge in [0.25, 0.3) is 5.91 Å². The van der Waals surface area contributed by atoms with E-state index in [1.165, 1.54) is 5.56 Å². The first-order chi connectivity index (χ1) is 11.1. The summed E-state index contributed by atoms with van der Waals surface area (Å²) in [6.07, 6.45) is 0. The summed E-state index contributed by atoms with van der Waals surface area (Å²) in [7, 11) is 0. The fraction of sp³-hybridized carbons (Fsp3) is 0.444. The Kier molecular flexibility index (Phi) is 5.08. The van der Waals surface area contributed by atoms with Gasteiger partial charge in [-0.3, -0.25) is 9.69 Å². The van der Waals surface area contributed by atoms with E-state index in [9.17, 15) is 4.79 Å². The summed E-state index contributed by atoms with van der Waals surface area (Å²) in [6, 6.07) is 10.5. The molecule has 2 heterocycles. The van der Waals surface area contributed by atoms with E-state index >= 15 is 0 Å². The molecule has 1 fully saturated rings. The first-order valence-electron chi connectivity index (χ1n) is 8.14. The van der Waals surface area contributed by atoms with Crippen LogP contribution in [0, 0.1) is 0 Å². The third-order valence-corrected chi connectivity index (χ3v) is 5.29. The second-order valence-corrected chi connectivity index (χ2v) is 7.17. The molecule has 1 amide bonds. The number of amides is 1. The van der Waals surface area contributed by atoms with Crippen LogP contribution >= 0.6 is 11.3 Å². The molecule has 0 unspecified atom stereocenters. The Bertz CT molecular complexity index is 645. The molecule has 1 aliphatic rings. The lowest BCUT2D eigenvalue weighted by Crippen LogP contribution is -2.48. The van der Waals surface area contributed by atoms with Gasteiger partial charge in [0, 0.05) is 44.0 Å². The highest BCUT2D eigenvalue weighted by Crippen LogP contribution is 2.20. The smallest absolute Gasteiger partial charge is 0.273 e. The molecule has 0 atom stereocenters. The van der Waals surface area contributed by atoms with Crippen LogP contribution in [0.3, 0.4) is 0 Å². The van der Waals surface area contributed by atoms with Gasteiger partial charge in [0.2, 0.25) is 0 Å². The monoisotopic (exact) mass is 329 g/mol. The Hall–Kier alpha value is -1.72. The lowest BCUT2D eigenvalue weighted by Gasteiger charge is -2.34. The minimum atomic E-state index is 0.0764. The van der Waals surface area contributed by atoms with Gasteiger partial charge >= 0.3 is 0 Å². The molecule has 0 saturated carbocycles. The molecule has 5 heteroatoms. The first-order valence-corrected chi connectivity index (χ1v) is 9.02. The fourth-order valence-corrected chi connectivity index (χ4v) is 3.57. The molecule has 0 N–H and O–H groups in total. The Morgan fingerprint density at radius 2 is 1.87 bits per heavy atom. The van der Waals surface area contributed by atoms with E-state index < -0.39 is 0 Å². The Labute approximate surface area is 141 Å². The molecule has 122 valence electrons. The standard InChI is InChI=1S/C18H23N3OS/c1-14(2)17-19-16(13-23-17)18(22)21-10-8-20(9-11-21)12-15-6-4-3-5-7-15/h3-7,13-14H,8-12H2,1-2H3. The number of piperazine rings is 1. The lowest BCUT2D eigenvalue weighted by molar-refractivity contribution is 0.0623. The summed E-state index contributed by atoms with van der Waals surface area (Å²) in [5.41, 5.74) is 1.93. The summed E-state index contributed by atoms with van der Waals surface area (Å²) in [6.45, 7) is 8.56. The molecule has 1 aliphatic heterocycles. The van der Waals surface area contributed by atoms with Crippen molar-refractivity contribution in [1.82, 2.24) is 14.8 Å². The number of hydrogen-bond donors (Lipinski definition) is 0. The number of benzene rings is 1. The summed E-state index contributed by atoms with van der Waals surface area (Å²) in [5.74, 6) is 0.455. The van der Waals surface area contributed by atoms with Crippen molar-refractivity contribution in [1.29, 1.82) is 0 Å². The third kappa shape index (κ3) is 3.98. The van der Waals surface area contributed by atoms with Gasteiger partial charge in [-0.1, -0.05) is 44.2 Å². The normalized spacial score (nSPS) is 16.0. The van der Waals surface area contributed by atoms with E-state index in [1.54, 1.807) is 11.3 Å². The van der Waals surface area contributed by atoms with Gasteiger partial charge in [0.05, 0.1) is 5.01 Å². The van der Waals surface area contributed by atoms with E-state index in [4.69, 9.17) is 0 Å². The second-order valence-electron chi connectivity index (χ2n) is 6.28. The van der Waals surface area contributed by atoms with Crippen molar-refractivity contribution >= 4 is 17.2 Å². The molecular formula is C18H23N3OS. The quantitative estimate of drug-likeness (QED) is 0.864. The zero-order valence-corrected chi connectivity index (χ0v) is 14.6. The van der Waals surface area contributed by atoms with Crippen molar-refractivity contribution in [2.24, 2.45) is 0 Å². The van der Waals surface area contributed by atoms with Crippen LogP contribution < -0.4 is 0 Å². The molecule has 0 spiro atoms. The van der Waals surface area contributed by atoms with Crippen molar-refractivity contribution in [3.05, 3.63) is 52.0 Å². The van der Waals surface area contributed by atoms with Crippen LogP contribution in [0.15, 0.2) is 35.7 Å². The molecule has 0 bridgehead atoms. The van der Waals surface area contributed by atoms with Gasteiger partial charge in [0.1, 0.15) is 5.69 Å². The van der Waals surface area contributed by atoms with Crippen LogP contribution in [0.1, 0.15) is 40.8 Å². The van der Waals surface area contributed by atoms with Gasteiger partial charge in [-0.15, -0.1) is 11.3 Å². The zero-order chi connectivity index (χ0) is 16.2. The first kappa shape index (κ1) is 16.1. The van der Waals surface area contributed by atoms with Gasteiger partial charge < -0.3 is 4.90 Å². The van der Waals surface area contributed by atoms with Gasteiger partial charge in [-0.25, -0.2) is 4.98 Å². The average Bonchev–Trinajstić information content (AvgIpc) is 3.06. The summed E-state index contributed by atoms with van der Waals surface area (Å²) in [4.78, 5) is 21.4. The van der Waals surface area contributed by atoms with Crippen molar-refractivity contribution in [3.63, 3.8) is 0 Å². The van der Waals surface area contributed by atoms with E-state index in [-0.39, 0.29) is 5.91 Å². The van der Waals surface area contributed by atoms with E-state index in [0.29, 0.717) is 11.6 Å². The molecular weight excluding hydrogens is 306 g/mol. The highest BCUT2D eigenvalue weighted by Gasteiger charge is 2.24. The Morgan fingerprint density at radius 3 is 2.48 bits per heavy atom. The molecule has 1 aromatic carbocycles. The molecule has 0 radical (unpaired) electrons. The number of nitrogens with zero attached hydrogens (tertiary/aromatic N) is 3. The average molecular weight is 329 g/mol. The molecule has 2 aromatic rings. The molecule has 3 rings (SSSR count). The summed E-state index contributed by atoms with van der Waals surface area (Å²) < 4.78 is 0. The Morgan fingerprint density at radius 1 is 1.17 bits per heavy atom. The second kappa shape index (κ2) is 7.23. The van der Waals surface area contributed by atoms with Crippen LogP contribution in [0.5, 0.6) is 0 Å².